The number of thiophene rings is 1. The van der Waals surface area contributed by atoms with E-state index in [0.29, 0.717) is 24.4 Å². The summed E-state index contributed by atoms with van der Waals surface area (Å²) in [5, 5.41) is 4.83. The van der Waals surface area contributed by atoms with Gasteiger partial charge < -0.3 is 15.1 Å². The molecular weight excluding hydrogens is 382 g/mol. The molecule has 1 saturated heterocycles. The number of carbonyl (C=O) groups excluding carboxylic acids is 2. The molecular formula is C23H30N3O2S+. The molecule has 3 rings (SSSR count). The van der Waals surface area contributed by atoms with Crippen molar-refractivity contribution in [3.63, 3.8) is 0 Å². The number of likely N-dealkylation sites (N-methyl/N-ethyl adjacent to an activating group) is 1. The Bertz CT molecular complexity index is 872. The molecule has 1 aliphatic rings. The van der Waals surface area contributed by atoms with Gasteiger partial charge >= 0.3 is 0 Å². The van der Waals surface area contributed by atoms with E-state index in [4.69, 9.17) is 0 Å². The van der Waals surface area contributed by atoms with Crippen LogP contribution in [0.3, 0.4) is 0 Å². The number of nitrogens with one attached hydrogen (secondary N) is 2. The lowest BCUT2D eigenvalue weighted by molar-refractivity contribution is -0.883. The van der Waals surface area contributed by atoms with Crippen LogP contribution in [-0.2, 0) is 10.2 Å². The smallest absolute Gasteiger partial charge is 0.270 e. The lowest BCUT2D eigenvalue weighted by Gasteiger charge is -2.30. The molecule has 1 aliphatic heterocycles. The molecule has 1 fully saturated rings. The third-order valence-electron chi connectivity index (χ3n) is 5.23. The molecule has 6 heteroatoms. The van der Waals surface area contributed by atoms with E-state index in [1.165, 1.54) is 10.5 Å². The van der Waals surface area contributed by atoms with Gasteiger partial charge in [0.05, 0.1) is 33.2 Å². The monoisotopic (exact) mass is 412 g/mol. The van der Waals surface area contributed by atoms with E-state index in [1.54, 1.807) is 17.4 Å². The Labute approximate surface area is 177 Å². The number of rotatable bonds is 4. The topological polar surface area (TPSA) is 53.9 Å². The SMILES string of the molecule is C[NH+]1CCN(C(=O)/C(=C\c2cccs2)NC(=O)c2ccc(C(C)(C)C)cc2)CC1. The summed E-state index contributed by atoms with van der Waals surface area (Å²) in [6.45, 7) is 9.65. The van der Waals surface area contributed by atoms with Crippen molar-refractivity contribution in [1.82, 2.24) is 10.2 Å². The van der Waals surface area contributed by atoms with Crippen LogP contribution < -0.4 is 10.2 Å². The first-order valence-electron chi connectivity index (χ1n) is 10.0. The summed E-state index contributed by atoms with van der Waals surface area (Å²) in [6, 6.07) is 11.5. The zero-order chi connectivity index (χ0) is 21.0. The Balaban J connectivity index is 1.79. The second-order valence-corrected chi connectivity index (χ2v) is 9.58. The lowest BCUT2D eigenvalue weighted by Crippen LogP contribution is -3.12. The van der Waals surface area contributed by atoms with Gasteiger partial charge in [0.15, 0.2) is 0 Å². The van der Waals surface area contributed by atoms with Crippen LogP contribution in [0.4, 0.5) is 0 Å². The maximum Gasteiger partial charge on any atom is 0.270 e. The molecule has 0 atom stereocenters. The van der Waals surface area contributed by atoms with Crippen molar-refractivity contribution in [2.24, 2.45) is 0 Å². The molecule has 0 saturated carbocycles. The van der Waals surface area contributed by atoms with Crippen LogP contribution in [0.1, 0.15) is 41.6 Å². The molecule has 5 nitrogen and oxygen atoms in total. The van der Waals surface area contributed by atoms with Gasteiger partial charge in [-0.1, -0.05) is 39.0 Å². The summed E-state index contributed by atoms with van der Waals surface area (Å²) >= 11 is 1.54. The van der Waals surface area contributed by atoms with Gasteiger partial charge in [-0.15, -0.1) is 11.3 Å². The highest BCUT2D eigenvalue weighted by atomic mass is 32.1. The molecule has 2 N–H and O–H groups in total. The van der Waals surface area contributed by atoms with Gasteiger partial charge in [-0.2, -0.15) is 0 Å². The van der Waals surface area contributed by atoms with Gasteiger partial charge in [0.1, 0.15) is 5.70 Å². The molecule has 29 heavy (non-hydrogen) atoms. The molecule has 1 aromatic heterocycles. The minimum Gasteiger partial charge on any atom is -0.334 e. The van der Waals surface area contributed by atoms with Gasteiger partial charge in [0, 0.05) is 10.4 Å². The summed E-state index contributed by atoms with van der Waals surface area (Å²) in [5.74, 6) is -0.382. The van der Waals surface area contributed by atoms with Crippen LogP contribution in [0.2, 0.25) is 0 Å². The number of hydrogen-bond acceptors (Lipinski definition) is 3. The first kappa shape index (κ1) is 21.3. The maximum atomic E-state index is 13.1. The molecule has 0 unspecified atom stereocenters. The van der Waals surface area contributed by atoms with Gasteiger partial charge in [0.2, 0.25) is 0 Å². The summed E-state index contributed by atoms with van der Waals surface area (Å²) < 4.78 is 0. The number of benzene rings is 1. The molecule has 0 spiro atoms. The molecule has 0 aliphatic carbocycles. The Morgan fingerprint density at radius 3 is 2.31 bits per heavy atom. The normalized spacial score (nSPS) is 16.0. The number of piperazine rings is 1. The highest BCUT2D eigenvalue weighted by Gasteiger charge is 2.25. The van der Waals surface area contributed by atoms with E-state index in [9.17, 15) is 9.59 Å². The molecule has 0 radical (unpaired) electrons. The number of quaternary nitrogens is 1. The second kappa shape index (κ2) is 8.93. The summed E-state index contributed by atoms with van der Waals surface area (Å²) in [5.41, 5.74) is 2.07. The molecule has 1 aromatic carbocycles. The lowest BCUT2D eigenvalue weighted by atomic mass is 9.87. The van der Waals surface area contributed by atoms with Crippen LogP contribution in [0.15, 0.2) is 47.5 Å². The van der Waals surface area contributed by atoms with E-state index in [0.717, 1.165) is 18.0 Å². The standard InChI is InChI=1S/C23H29N3O2S/c1-23(2,3)18-9-7-17(8-10-18)21(27)24-20(16-19-6-5-15-29-19)22(28)26-13-11-25(4)12-14-26/h5-10,15-16H,11-14H2,1-4H3,(H,24,27)/p+1/b20-16+. The third-order valence-corrected chi connectivity index (χ3v) is 6.05. The van der Waals surface area contributed by atoms with Crippen molar-refractivity contribution in [2.75, 3.05) is 33.2 Å². The number of amides is 2. The third kappa shape index (κ3) is 5.55. The Hall–Kier alpha value is -2.44. The van der Waals surface area contributed by atoms with Crippen molar-refractivity contribution in [3.8, 4) is 0 Å². The zero-order valence-corrected chi connectivity index (χ0v) is 18.4. The number of carbonyl (C=O) groups is 2. The van der Waals surface area contributed by atoms with Crippen LogP contribution in [0.25, 0.3) is 6.08 Å². The summed E-state index contributed by atoms with van der Waals surface area (Å²) in [4.78, 5) is 30.2. The number of hydrogen-bond donors (Lipinski definition) is 2. The summed E-state index contributed by atoms with van der Waals surface area (Å²) in [6.07, 6.45) is 1.78. The highest BCUT2D eigenvalue weighted by Crippen LogP contribution is 2.22. The quantitative estimate of drug-likeness (QED) is 0.757. The Kier molecular flexibility index (Phi) is 6.55. The molecule has 154 valence electrons. The first-order chi connectivity index (χ1) is 13.7. The van der Waals surface area contributed by atoms with E-state index in [1.807, 2.05) is 46.7 Å². The van der Waals surface area contributed by atoms with Gasteiger partial charge in [-0.3, -0.25) is 9.59 Å². The van der Waals surface area contributed by atoms with E-state index in [-0.39, 0.29) is 17.2 Å². The summed E-state index contributed by atoms with van der Waals surface area (Å²) in [7, 11) is 2.13. The van der Waals surface area contributed by atoms with E-state index < -0.39 is 0 Å². The minimum absolute atomic E-state index is 0.0264. The maximum absolute atomic E-state index is 13.1. The fourth-order valence-corrected chi connectivity index (χ4v) is 3.90. The Morgan fingerprint density at radius 2 is 1.76 bits per heavy atom. The average Bonchev–Trinajstić information content (AvgIpc) is 3.20. The van der Waals surface area contributed by atoms with Gasteiger partial charge in [0.25, 0.3) is 11.8 Å². The number of nitrogens with zero attached hydrogens (tertiary/aromatic N) is 1. The Morgan fingerprint density at radius 1 is 1.10 bits per heavy atom. The van der Waals surface area contributed by atoms with Crippen LogP contribution in [0.5, 0.6) is 0 Å². The molecule has 2 aromatic rings. The van der Waals surface area contributed by atoms with E-state index >= 15 is 0 Å². The second-order valence-electron chi connectivity index (χ2n) is 8.60. The van der Waals surface area contributed by atoms with Gasteiger partial charge in [-0.05, 0) is 40.6 Å². The minimum atomic E-state index is -0.263. The van der Waals surface area contributed by atoms with Crippen LogP contribution >= 0.6 is 11.3 Å². The fraction of sp³-hybridized carbons (Fsp3) is 0.391. The predicted octanol–water partition coefficient (Wildman–Crippen LogP) is 2.17. The van der Waals surface area contributed by atoms with Crippen LogP contribution in [0, 0.1) is 0 Å². The molecule has 2 heterocycles. The van der Waals surface area contributed by atoms with Crippen molar-refractivity contribution in [3.05, 3.63) is 63.5 Å². The van der Waals surface area contributed by atoms with Gasteiger partial charge in [-0.25, -0.2) is 0 Å². The first-order valence-corrected chi connectivity index (χ1v) is 10.9. The largest absolute Gasteiger partial charge is 0.334 e. The fourth-order valence-electron chi connectivity index (χ4n) is 3.24. The van der Waals surface area contributed by atoms with Crippen molar-refractivity contribution >= 4 is 29.2 Å². The molecule has 0 bridgehead atoms. The van der Waals surface area contributed by atoms with Crippen molar-refractivity contribution < 1.29 is 14.5 Å². The van der Waals surface area contributed by atoms with Crippen LogP contribution in [-0.4, -0.2) is 49.9 Å². The average molecular weight is 413 g/mol. The molecule has 2 amide bonds. The predicted molar refractivity (Wildman–Crippen MR) is 118 cm³/mol. The van der Waals surface area contributed by atoms with E-state index in [2.05, 4.69) is 33.1 Å². The van der Waals surface area contributed by atoms with Crippen molar-refractivity contribution in [1.29, 1.82) is 0 Å². The zero-order valence-electron chi connectivity index (χ0n) is 17.6. The highest BCUT2D eigenvalue weighted by molar-refractivity contribution is 7.10. The van der Waals surface area contributed by atoms with Crippen molar-refractivity contribution in [2.45, 2.75) is 26.2 Å².